The zero-order valence-corrected chi connectivity index (χ0v) is 18.4. The van der Waals surface area contributed by atoms with Crippen LogP contribution < -0.4 is 15.5 Å². The minimum absolute atomic E-state index is 0.164. The monoisotopic (exact) mass is 443 g/mol. The maximum Gasteiger partial charge on any atom is 0.319 e. The summed E-state index contributed by atoms with van der Waals surface area (Å²) < 4.78 is 5.48. The first-order valence-corrected chi connectivity index (χ1v) is 11.9. The van der Waals surface area contributed by atoms with Crippen LogP contribution in [0.25, 0.3) is 11.4 Å². The number of nitrogens with zero attached hydrogens (tertiary/aromatic N) is 3. The van der Waals surface area contributed by atoms with Crippen LogP contribution in [0.15, 0.2) is 30.3 Å². The van der Waals surface area contributed by atoms with E-state index in [2.05, 4.69) is 21.6 Å². The second-order valence-electron chi connectivity index (χ2n) is 7.72. The molecule has 0 atom stereocenters. The minimum Gasteiger partial charge on any atom is -0.396 e. The number of hydrogen-bond donors (Lipinski definition) is 3. The molecule has 2 aliphatic rings. The molecule has 166 valence electrons. The molecule has 2 aromatic rings. The quantitative estimate of drug-likeness (QED) is 0.513. The Hall–Kier alpha value is -2.36. The van der Waals surface area contributed by atoms with Gasteiger partial charge in [-0.1, -0.05) is 0 Å². The molecule has 0 radical (unpaired) electrons. The third kappa shape index (κ3) is 6.56. The number of anilines is 2. The molecule has 1 aliphatic heterocycles. The van der Waals surface area contributed by atoms with E-state index >= 15 is 0 Å². The fraction of sp³-hybridized carbons (Fsp3) is 0.500. The average molecular weight is 444 g/mol. The summed E-state index contributed by atoms with van der Waals surface area (Å²) in [6.45, 7) is 3.23. The first-order chi connectivity index (χ1) is 15.2. The molecule has 31 heavy (non-hydrogen) atoms. The summed E-state index contributed by atoms with van der Waals surface area (Å²) in [5.41, 5.74) is 2.62. The van der Waals surface area contributed by atoms with Gasteiger partial charge in [-0.3, -0.25) is 0 Å². The lowest BCUT2D eigenvalue weighted by Gasteiger charge is -2.28. The van der Waals surface area contributed by atoms with Crippen molar-refractivity contribution in [3.8, 4) is 11.4 Å². The van der Waals surface area contributed by atoms with Gasteiger partial charge in [-0.15, -0.1) is 0 Å². The van der Waals surface area contributed by atoms with Gasteiger partial charge < -0.3 is 25.4 Å². The number of morpholine rings is 1. The Morgan fingerprint density at radius 3 is 2.68 bits per heavy atom. The number of aliphatic hydroxyl groups is 1. The maximum absolute atomic E-state index is 11.9. The van der Waals surface area contributed by atoms with Crippen molar-refractivity contribution < 1.29 is 14.6 Å². The molecule has 8 nitrogen and oxygen atoms in total. The molecule has 1 saturated carbocycles. The topological polar surface area (TPSA) is 99.6 Å². The summed E-state index contributed by atoms with van der Waals surface area (Å²) in [4.78, 5) is 23.8. The van der Waals surface area contributed by atoms with Gasteiger partial charge in [0.05, 0.1) is 18.9 Å². The normalized spacial score (nSPS) is 16.2. The Balaban J connectivity index is 1.49. The lowest BCUT2D eigenvalue weighted by molar-refractivity contribution is 0.122. The van der Waals surface area contributed by atoms with Crippen molar-refractivity contribution >= 4 is 29.3 Å². The predicted molar refractivity (Wildman–Crippen MR) is 124 cm³/mol. The van der Waals surface area contributed by atoms with Crippen molar-refractivity contribution in [3.63, 3.8) is 0 Å². The molecule has 2 amide bonds. The molecular formula is C22H29N5O3S. The number of carbonyl (C=O) groups is 1. The van der Waals surface area contributed by atoms with Gasteiger partial charge in [0, 0.05) is 48.8 Å². The van der Waals surface area contributed by atoms with E-state index in [4.69, 9.17) is 19.8 Å². The van der Waals surface area contributed by atoms with Crippen LogP contribution >= 0.6 is 11.8 Å². The molecule has 1 aromatic heterocycles. The van der Waals surface area contributed by atoms with Gasteiger partial charge in [-0.25, -0.2) is 14.8 Å². The number of rotatable bonds is 9. The highest BCUT2D eigenvalue weighted by molar-refractivity contribution is 7.98. The maximum atomic E-state index is 11.9. The number of hydrogen-bond acceptors (Lipinski definition) is 7. The summed E-state index contributed by atoms with van der Waals surface area (Å²) in [5, 5.41) is 14.8. The largest absolute Gasteiger partial charge is 0.396 e. The Labute approximate surface area is 186 Å². The third-order valence-corrected chi connectivity index (χ3v) is 6.19. The van der Waals surface area contributed by atoms with E-state index in [9.17, 15) is 4.79 Å². The van der Waals surface area contributed by atoms with E-state index in [1.165, 1.54) is 0 Å². The van der Waals surface area contributed by atoms with E-state index < -0.39 is 0 Å². The molecule has 0 bridgehead atoms. The van der Waals surface area contributed by atoms with Crippen LogP contribution in [0.2, 0.25) is 0 Å². The lowest BCUT2D eigenvalue weighted by Crippen LogP contribution is -2.37. The van der Waals surface area contributed by atoms with Gasteiger partial charge in [-0.05, 0) is 49.3 Å². The number of benzene rings is 1. The molecular weight excluding hydrogens is 414 g/mol. The number of thioether (sulfide) groups is 1. The SMILES string of the molecule is O=C(Nc1ccc(-c2nc(CSCCCO)cc(N3CCOCC3)n2)cc1)NC1CC1. The van der Waals surface area contributed by atoms with Gasteiger partial charge in [0.1, 0.15) is 5.82 Å². The molecule has 1 aliphatic carbocycles. The fourth-order valence-corrected chi connectivity index (χ4v) is 4.10. The van der Waals surface area contributed by atoms with Crippen LogP contribution in [-0.4, -0.2) is 65.8 Å². The first-order valence-electron chi connectivity index (χ1n) is 10.8. The molecule has 2 heterocycles. The van der Waals surface area contributed by atoms with Crippen molar-refractivity contribution in [1.29, 1.82) is 0 Å². The van der Waals surface area contributed by atoms with Crippen LogP contribution in [0, 0.1) is 0 Å². The van der Waals surface area contributed by atoms with Crippen LogP contribution in [0.4, 0.5) is 16.3 Å². The Morgan fingerprint density at radius 1 is 1.19 bits per heavy atom. The number of amides is 2. The Kier molecular flexibility index (Phi) is 7.61. The highest BCUT2D eigenvalue weighted by atomic mass is 32.2. The number of ether oxygens (including phenoxy) is 1. The van der Waals surface area contributed by atoms with Crippen LogP contribution in [-0.2, 0) is 10.5 Å². The van der Waals surface area contributed by atoms with Crippen molar-refractivity contribution in [3.05, 3.63) is 36.0 Å². The third-order valence-electron chi connectivity index (χ3n) is 5.11. The highest BCUT2D eigenvalue weighted by Crippen LogP contribution is 2.25. The van der Waals surface area contributed by atoms with Gasteiger partial charge in [0.25, 0.3) is 0 Å². The second kappa shape index (κ2) is 10.8. The summed E-state index contributed by atoms with van der Waals surface area (Å²) in [6.07, 6.45) is 2.90. The van der Waals surface area contributed by atoms with E-state index in [-0.39, 0.29) is 12.6 Å². The first kappa shape index (κ1) is 21.9. The highest BCUT2D eigenvalue weighted by Gasteiger charge is 2.23. The van der Waals surface area contributed by atoms with E-state index in [1.54, 1.807) is 11.8 Å². The van der Waals surface area contributed by atoms with Crippen LogP contribution in [0.1, 0.15) is 25.0 Å². The average Bonchev–Trinajstić information content (AvgIpc) is 3.61. The molecule has 1 aromatic carbocycles. The van der Waals surface area contributed by atoms with Crippen LogP contribution in [0.5, 0.6) is 0 Å². The Bertz CT molecular complexity index is 870. The molecule has 4 rings (SSSR count). The second-order valence-corrected chi connectivity index (χ2v) is 8.83. The van der Waals surface area contributed by atoms with Crippen molar-refractivity contribution in [2.24, 2.45) is 0 Å². The number of urea groups is 1. The van der Waals surface area contributed by atoms with E-state index in [0.29, 0.717) is 25.1 Å². The summed E-state index contributed by atoms with van der Waals surface area (Å²) in [6, 6.07) is 9.85. The summed E-state index contributed by atoms with van der Waals surface area (Å²) >= 11 is 1.76. The van der Waals surface area contributed by atoms with Gasteiger partial charge in [-0.2, -0.15) is 11.8 Å². The van der Waals surface area contributed by atoms with Gasteiger partial charge >= 0.3 is 6.03 Å². The zero-order valence-electron chi connectivity index (χ0n) is 17.5. The standard InChI is InChI=1S/C22H29N5O3S/c28-10-1-13-31-15-19-14-20(27-8-11-30-12-9-27)26-21(23-19)16-2-4-17(5-3-16)24-22(29)25-18-6-7-18/h2-5,14,18,28H,1,6-13,15H2,(H2,24,25,29). The van der Waals surface area contributed by atoms with Crippen molar-refractivity contribution in [2.75, 3.05) is 48.9 Å². The number of nitrogens with one attached hydrogen (secondary N) is 2. The van der Waals surface area contributed by atoms with Gasteiger partial charge in [0.2, 0.25) is 0 Å². The molecule has 3 N–H and O–H groups in total. The predicted octanol–water partition coefficient (Wildman–Crippen LogP) is 2.88. The zero-order chi connectivity index (χ0) is 21.5. The summed E-state index contributed by atoms with van der Waals surface area (Å²) in [7, 11) is 0. The fourth-order valence-electron chi connectivity index (χ4n) is 3.27. The van der Waals surface area contributed by atoms with Crippen LogP contribution in [0.3, 0.4) is 0 Å². The number of aromatic nitrogens is 2. The van der Waals surface area contributed by atoms with Crippen molar-refractivity contribution in [1.82, 2.24) is 15.3 Å². The van der Waals surface area contributed by atoms with Gasteiger partial charge in [0.15, 0.2) is 5.82 Å². The molecule has 1 saturated heterocycles. The molecule has 0 unspecified atom stereocenters. The molecule has 9 heteroatoms. The lowest BCUT2D eigenvalue weighted by atomic mass is 10.2. The minimum atomic E-state index is -0.164. The molecule has 0 spiro atoms. The smallest absolute Gasteiger partial charge is 0.319 e. The van der Waals surface area contributed by atoms with Crippen molar-refractivity contribution in [2.45, 2.75) is 31.1 Å². The number of carbonyl (C=O) groups excluding carboxylic acids is 1. The molecule has 2 fully saturated rings. The number of aliphatic hydroxyl groups excluding tert-OH is 1. The Morgan fingerprint density at radius 2 is 1.97 bits per heavy atom. The summed E-state index contributed by atoms with van der Waals surface area (Å²) in [5.74, 6) is 3.26. The van der Waals surface area contributed by atoms with E-state index in [0.717, 1.165) is 66.6 Å². The van der Waals surface area contributed by atoms with E-state index in [1.807, 2.05) is 24.3 Å².